The largest absolute Gasteiger partial charge is 0.493 e. The van der Waals surface area contributed by atoms with Crippen molar-refractivity contribution in [2.24, 2.45) is 5.92 Å². The molecule has 104 valence electrons. The van der Waals surface area contributed by atoms with Gasteiger partial charge in [-0.2, -0.15) is 0 Å². The van der Waals surface area contributed by atoms with Crippen LogP contribution in [0.2, 0.25) is 0 Å². The van der Waals surface area contributed by atoms with Crippen molar-refractivity contribution in [1.82, 2.24) is 5.32 Å². The number of carbonyl (C=O) groups excluding carboxylic acids is 1. The van der Waals surface area contributed by atoms with Crippen LogP contribution >= 0.6 is 0 Å². The molecule has 0 heterocycles. The lowest BCUT2D eigenvalue weighted by Gasteiger charge is -2.12. The molecule has 0 aromatic heterocycles. The normalized spacial score (nSPS) is 10.1. The average molecular weight is 263 g/mol. The summed E-state index contributed by atoms with van der Waals surface area (Å²) in [7, 11) is 1.55. The lowest BCUT2D eigenvalue weighted by Crippen LogP contribution is -2.27. The van der Waals surface area contributed by atoms with Gasteiger partial charge in [0, 0.05) is 12.1 Å². The predicted molar refractivity (Wildman–Crippen MR) is 75.9 cm³/mol. The van der Waals surface area contributed by atoms with Crippen molar-refractivity contribution < 1.29 is 14.3 Å². The summed E-state index contributed by atoms with van der Waals surface area (Å²) in [6.45, 7) is 8.73. The summed E-state index contributed by atoms with van der Waals surface area (Å²) in [6, 6.07) is 5.12. The van der Waals surface area contributed by atoms with Gasteiger partial charge in [0.2, 0.25) is 0 Å². The summed E-state index contributed by atoms with van der Waals surface area (Å²) in [5, 5.41) is 2.86. The summed E-state index contributed by atoms with van der Waals surface area (Å²) in [6.07, 6.45) is 1.66. The van der Waals surface area contributed by atoms with E-state index in [1.165, 1.54) is 0 Å². The van der Waals surface area contributed by atoms with Gasteiger partial charge in [-0.05, 0) is 24.1 Å². The van der Waals surface area contributed by atoms with E-state index < -0.39 is 0 Å². The van der Waals surface area contributed by atoms with Gasteiger partial charge < -0.3 is 14.8 Å². The highest BCUT2D eigenvalue weighted by Crippen LogP contribution is 2.28. The molecule has 4 nitrogen and oxygen atoms in total. The standard InChI is InChI=1S/C15H21NO3/c1-5-8-19-13-7-6-12(9-14(13)18-4)15(17)16-10-11(2)3/h5-7,9,11H,1,8,10H2,2-4H3,(H,16,17). The molecule has 0 atom stereocenters. The topological polar surface area (TPSA) is 47.6 Å². The monoisotopic (exact) mass is 263 g/mol. The molecule has 1 rings (SSSR count). The molecule has 19 heavy (non-hydrogen) atoms. The zero-order chi connectivity index (χ0) is 14.3. The van der Waals surface area contributed by atoms with Crippen molar-refractivity contribution in [2.45, 2.75) is 13.8 Å². The zero-order valence-electron chi connectivity index (χ0n) is 11.7. The van der Waals surface area contributed by atoms with Gasteiger partial charge in [-0.3, -0.25) is 4.79 Å². The Balaban J connectivity index is 2.80. The Morgan fingerprint density at radius 2 is 2.16 bits per heavy atom. The number of rotatable bonds is 7. The van der Waals surface area contributed by atoms with Gasteiger partial charge in [-0.15, -0.1) is 0 Å². The molecule has 0 unspecified atom stereocenters. The Hall–Kier alpha value is -1.97. The van der Waals surface area contributed by atoms with Crippen molar-refractivity contribution in [3.05, 3.63) is 36.4 Å². The van der Waals surface area contributed by atoms with Gasteiger partial charge >= 0.3 is 0 Å². The van der Waals surface area contributed by atoms with Gasteiger partial charge in [0.1, 0.15) is 6.61 Å². The molecule has 0 saturated heterocycles. The van der Waals surface area contributed by atoms with E-state index in [4.69, 9.17) is 9.47 Å². The second-order valence-corrected chi connectivity index (χ2v) is 4.57. The molecule has 4 heteroatoms. The van der Waals surface area contributed by atoms with Gasteiger partial charge in [0.25, 0.3) is 5.91 Å². The molecular weight excluding hydrogens is 242 g/mol. The minimum absolute atomic E-state index is 0.109. The van der Waals surface area contributed by atoms with Crippen LogP contribution in [0.4, 0.5) is 0 Å². The maximum Gasteiger partial charge on any atom is 0.251 e. The van der Waals surface area contributed by atoms with E-state index in [-0.39, 0.29) is 5.91 Å². The highest BCUT2D eigenvalue weighted by atomic mass is 16.5. The van der Waals surface area contributed by atoms with Gasteiger partial charge in [-0.25, -0.2) is 0 Å². The molecule has 0 aliphatic rings. The first-order valence-electron chi connectivity index (χ1n) is 6.28. The van der Waals surface area contributed by atoms with Crippen molar-refractivity contribution in [1.29, 1.82) is 0 Å². The first-order valence-corrected chi connectivity index (χ1v) is 6.28. The molecule has 0 spiro atoms. The Bertz CT molecular complexity index is 441. The van der Waals surface area contributed by atoms with Crippen LogP contribution < -0.4 is 14.8 Å². The van der Waals surface area contributed by atoms with Crippen LogP contribution in [0, 0.1) is 5.92 Å². The van der Waals surface area contributed by atoms with Gasteiger partial charge in [0.15, 0.2) is 11.5 Å². The third kappa shape index (κ3) is 4.66. The van der Waals surface area contributed by atoms with E-state index in [1.54, 1.807) is 31.4 Å². The second-order valence-electron chi connectivity index (χ2n) is 4.57. The Kier molecular flexibility index (Phi) is 5.93. The first kappa shape index (κ1) is 15.1. The third-order valence-corrected chi connectivity index (χ3v) is 2.45. The highest BCUT2D eigenvalue weighted by molar-refractivity contribution is 5.94. The number of nitrogens with one attached hydrogen (secondary N) is 1. The number of methoxy groups -OCH3 is 1. The molecule has 0 aliphatic heterocycles. The van der Waals surface area contributed by atoms with Crippen LogP contribution in [0.1, 0.15) is 24.2 Å². The molecule has 1 aromatic carbocycles. The van der Waals surface area contributed by atoms with Crippen LogP contribution in [0.3, 0.4) is 0 Å². The lowest BCUT2D eigenvalue weighted by molar-refractivity contribution is 0.0948. The summed E-state index contributed by atoms with van der Waals surface area (Å²) >= 11 is 0. The molecule has 0 radical (unpaired) electrons. The van der Waals surface area contributed by atoms with Crippen LogP contribution in [0.25, 0.3) is 0 Å². The highest BCUT2D eigenvalue weighted by Gasteiger charge is 2.11. The fourth-order valence-electron chi connectivity index (χ4n) is 1.48. The number of benzene rings is 1. The minimum Gasteiger partial charge on any atom is -0.493 e. The van der Waals surface area contributed by atoms with Crippen LogP contribution in [-0.2, 0) is 0 Å². The summed E-state index contributed by atoms with van der Waals surface area (Å²) < 4.78 is 10.7. The van der Waals surface area contributed by atoms with Crippen molar-refractivity contribution in [3.8, 4) is 11.5 Å². The average Bonchev–Trinajstić information content (AvgIpc) is 2.42. The van der Waals surface area contributed by atoms with Crippen LogP contribution in [-0.4, -0.2) is 26.2 Å². The van der Waals surface area contributed by atoms with Crippen molar-refractivity contribution in [3.63, 3.8) is 0 Å². The molecule has 1 aromatic rings. The Morgan fingerprint density at radius 1 is 1.42 bits per heavy atom. The van der Waals surface area contributed by atoms with E-state index in [2.05, 4.69) is 11.9 Å². The Morgan fingerprint density at radius 3 is 2.74 bits per heavy atom. The van der Waals surface area contributed by atoms with Crippen LogP contribution in [0.5, 0.6) is 11.5 Å². The van der Waals surface area contributed by atoms with Crippen LogP contribution in [0.15, 0.2) is 30.9 Å². The molecule has 1 amide bonds. The van der Waals surface area contributed by atoms with E-state index in [1.807, 2.05) is 13.8 Å². The zero-order valence-corrected chi connectivity index (χ0v) is 11.7. The van der Waals surface area contributed by atoms with Crippen molar-refractivity contribution in [2.75, 3.05) is 20.3 Å². The maximum atomic E-state index is 11.9. The predicted octanol–water partition coefficient (Wildman–Crippen LogP) is 2.65. The van der Waals surface area contributed by atoms with E-state index in [0.29, 0.717) is 36.1 Å². The van der Waals surface area contributed by atoms with E-state index in [0.717, 1.165) is 0 Å². The second kappa shape index (κ2) is 7.46. The minimum atomic E-state index is -0.109. The van der Waals surface area contributed by atoms with Crippen molar-refractivity contribution >= 4 is 5.91 Å². The smallest absolute Gasteiger partial charge is 0.251 e. The molecule has 0 fully saturated rings. The lowest BCUT2D eigenvalue weighted by atomic mass is 10.1. The number of amides is 1. The third-order valence-electron chi connectivity index (χ3n) is 2.45. The summed E-state index contributed by atoms with van der Waals surface area (Å²) in [4.78, 5) is 11.9. The van der Waals surface area contributed by atoms with Gasteiger partial charge in [0.05, 0.1) is 7.11 Å². The fourth-order valence-corrected chi connectivity index (χ4v) is 1.48. The number of ether oxygens (including phenoxy) is 2. The maximum absolute atomic E-state index is 11.9. The fraction of sp³-hybridized carbons (Fsp3) is 0.400. The molecule has 0 bridgehead atoms. The van der Waals surface area contributed by atoms with E-state index in [9.17, 15) is 4.79 Å². The van der Waals surface area contributed by atoms with E-state index >= 15 is 0 Å². The molecule has 0 saturated carbocycles. The van der Waals surface area contributed by atoms with Gasteiger partial charge in [-0.1, -0.05) is 26.5 Å². The quantitative estimate of drug-likeness (QED) is 0.769. The Labute approximate surface area is 114 Å². The number of carbonyl (C=O) groups is 1. The molecule has 0 aliphatic carbocycles. The SMILES string of the molecule is C=CCOc1ccc(C(=O)NCC(C)C)cc1OC. The summed E-state index contributed by atoms with van der Waals surface area (Å²) in [5.41, 5.74) is 0.559. The number of hydrogen-bond donors (Lipinski definition) is 1. The molecule has 1 N–H and O–H groups in total. The summed E-state index contributed by atoms with van der Waals surface area (Å²) in [5.74, 6) is 1.45. The molecular formula is C15H21NO3. The number of hydrogen-bond acceptors (Lipinski definition) is 3. The first-order chi connectivity index (χ1) is 9.08.